The molecule has 0 bridgehead atoms. The Balaban J connectivity index is 2.09. The van der Waals surface area contributed by atoms with Crippen LogP contribution < -0.4 is 4.74 Å². The number of ether oxygens (including phenoxy) is 2. The summed E-state index contributed by atoms with van der Waals surface area (Å²) in [7, 11) is 0. The topological polar surface area (TPSA) is 38.8 Å². The lowest BCUT2D eigenvalue weighted by Crippen LogP contribution is -2.39. The molecule has 3 heteroatoms. The Hall–Kier alpha value is -1.35. The van der Waals surface area contributed by atoms with Gasteiger partial charge in [-0.3, -0.25) is 0 Å². The number of carbonyl (C=O) groups excluding carboxylic acids is 1. The number of benzene rings is 1. The fourth-order valence-corrected chi connectivity index (χ4v) is 2.58. The molecule has 1 aliphatic rings. The van der Waals surface area contributed by atoms with E-state index in [4.69, 9.17) is 9.47 Å². The van der Waals surface area contributed by atoms with Crippen molar-refractivity contribution < 1.29 is 14.3 Å². The molecule has 0 aromatic heterocycles. The maximum Gasteiger partial charge on any atom is 0.346 e. The molecule has 1 heterocycles. The fraction of sp³-hybridized carbons (Fsp3) is 0.533. The molecule has 0 amide bonds. The van der Waals surface area contributed by atoms with Crippen molar-refractivity contribution in [3.05, 3.63) is 30.3 Å². The predicted molar refractivity (Wildman–Crippen MR) is 69.4 cm³/mol. The summed E-state index contributed by atoms with van der Waals surface area (Å²) in [6.45, 7) is 6.81. The van der Waals surface area contributed by atoms with Gasteiger partial charge in [-0.2, -0.15) is 0 Å². The Morgan fingerprint density at radius 1 is 1.39 bits per heavy atom. The Morgan fingerprint density at radius 2 is 2.00 bits per heavy atom. The van der Waals surface area contributed by atoms with Gasteiger partial charge in [0.15, 0.2) is 5.60 Å². The van der Waals surface area contributed by atoms with Gasteiger partial charge in [-0.25, -0.2) is 4.79 Å². The van der Waals surface area contributed by atoms with Gasteiger partial charge in [-0.15, -0.1) is 0 Å². The Morgan fingerprint density at radius 3 is 2.44 bits per heavy atom. The fourth-order valence-electron chi connectivity index (χ4n) is 2.58. The quantitative estimate of drug-likeness (QED) is 0.456. The minimum atomic E-state index is -0.710. The van der Waals surface area contributed by atoms with Crippen molar-refractivity contribution in [2.45, 2.75) is 32.8 Å². The number of hydrogen-bond acceptors (Lipinski definition) is 3. The minimum Gasteiger partial charge on any atom is -0.424 e. The maximum atomic E-state index is 12.3. The molecule has 1 fully saturated rings. The zero-order valence-electron chi connectivity index (χ0n) is 11.2. The molecular formula is C15H20O3. The Bertz CT molecular complexity index is 407. The van der Waals surface area contributed by atoms with Crippen molar-refractivity contribution in [3.8, 4) is 5.75 Å². The van der Waals surface area contributed by atoms with Gasteiger partial charge in [-0.05, 0) is 24.5 Å². The van der Waals surface area contributed by atoms with E-state index in [0.29, 0.717) is 18.3 Å². The molecule has 2 rings (SSSR count). The van der Waals surface area contributed by atoms with Crippen LogP contribution in [0.25, 0.3) is 0 Å². The van der Waals surface area contributed by atoms with Crippen LogP contribution in [-0.2, 0) is 9.53 Å². The second-order valence-corrected chi connectivity index (χ2v) is 5.14. The summed E-state index contributed by atoms with van der Waals surface area (Å²) in [5.74, 6) is 0.944. The van der Waals surface area contributed by atoms with Gasteiger partial charge < -0.3 is 9.47 Å². The largest absolute Gasteiger partial charge is 0.424 e. The molecule has 1 aromatic carbocycles. The van der Waals surface area contributed by atoms with Gasteiger partial charge in [0, 0.05) is 5.92 Å². The summed E-state index contributed by atoms with van der Waals surface area (Å²) < 4.78 is 10.9. The van der Waals surface area contributed by atoms with Gasteiger partial charge in [0.25, 0.3) is 0 Å². The van der Waals surface area contributed by atoms with Gasteiger partial charge in [-0.1, -0.05) is 39.0 Å². The van der Waals surface area contributed by atoms with E-state index in [1.54, 1.807) is 12.1 Å². The van der Waals surface area contributed by atoms with Crippen LogP contribution in [0.5, 0.6) is 5.75 Å². The van der Waals surface area contributed by atoms with Gasteiger partial charge in [0.2, 0.25) is 0 Å². The van der Waals surface area contributed by atoms with Crippen LogP contribution in [-0.4, -0.2) is 18.2 Å². The van der Waals surface area contributed by atoms with Crippen molar-refractivity contribution >= 4 is 5.97 Å². The van der Waals surface area contributed by atoms with E-state index in [0.717, 1.165) is 6.42 Å². The van der Waals surface area contributed by atoms with E-state index in [2.05, 4.69) is 20.8 Å². The summed E-state index contributed by atoms with van der Waals surface area (Å²) in [5.41, 5.74) is -0.710. The highest BCUT2D eigenvalue weighted by molar-refractivity contribution is 5.84. The lowest BCUT2D eigenvalue weighted by atomic mass is 9.81. The molecule has 1 aromatic rings. The molecule has 1 aliphatic heterocycles. The highest BCUT2D eigenvalue weighted by atomic mass is 16.6. The smallest absolute Gasteiger partial charge is 0.346 e. The van der Waals surface area contributed by atoms with Gasteiger partial charge >= 0.3 is 5.97 Å². The van der Waals surface area contributed by atoms with Crippen LogP contribution >= 0.6 is 0 Å². The Labute approximate surface area is 108 Å². The molecule has 0 radical (unpaired) electrons. The van der Waals surface area contributed by atoms with Crippen molar-refractivity contribution in [2.24, 2.45) is 11.8 Å². The van der Waals surface area contributed by atoms with Crippen molar-refractivity contribution in [1.29, 1.82) is 0 Å². The molecule has 0 N–H and O–H groups in total. The standard InChI is InChI=1S/C15H20O3/c1-4-13(11(2)3)15(10-17-15)14(16)18-12-8-6-5-7-9-12/h5-9,11,13H,4,10H2,1-3H3. The molecule has 0 aliphatic carbocycles. The highest BCUT2D eigenvalue weighted by Crippen LogP contribution is 2.42. The van der Waals surface area contributed by atoms with E-state index >= 15 is 0 Å². The zero-order valence-corrected chi connectivity index (χ0v) is 11.2. The molecular weight excluding hydrogens is 228 g/mol. The lowest BCUT2D eigenvalue weighted by Gasteiger charge is -2.24. The van der Waals surface area contributed by atoms with Gasteiger partial charge in [0.1, 0.15) is 5.75 Å². The van der Waals surface area contributed by atoms with Crippen molar-refractivity contribution in [3.63, 3.8) is 0 Å². The second kappa shape index (κ2) is 5.11. The third-order valence-corrected chi connectivity index (χ3v) is 3.60. The normalized spacial score (nSPS) is 23.8. The monoisotopic (exact) mass is 248 g/mol. The molecule has 1 saturated heterocycles. The van der Waals surface area contributed by atoms with Crippen molar-refractivity contribution in [2.75, 3.05) is 6.61 Å². The molecule has 18 heavy (non-hydrogen) atoms. The minimum absolute atomic E-state index is 0.216. The average Bonchev–Trinajstić information content (AvgIpc) is 3.12. The SMILES string of the molecule is CCC(C(C)C)C1(C(=O)Oc2ccccc2)CO1. The van der Waals surface area contributed by atoms with Crippen LogP contribution in [0.15, 0.2) is 30.3 Å². The molecule has 98 valence electrons. The summed E-state index contributed by atoms with van der Waals surface area (Å²) in [4.78, 5) is 12.3. The van der Waals surface area contributed by atoms with Gasteiger partial charge in [0.05, 0.1) is 6.61 Å². The van der Waals surface area contributed by atoms with E-state index in [9.17, 15) is 4.79 Å². The van der Waals surface area contributed by atoms with Crippen LogP contribution in [0.3, 0.4) is 0 Å². The van der Waals surface area contributed by atoms with E-state index in [-0.39, 0.29) is 11.9 Å². The summed E-state index contributed by atoms with van der Waals surface area (Å²) in [5, 5.41) is 0. The number of esters is 1. The molecule has 2 unspecified atom stereocenters. The molecule has 0 spiro atoms. The number of para-hydroxylation sites is 1. The van der Waals surface area contributed by atoms with Crippen LogP contribution in [0, 0.1) is 11.8 Å². The summed E-state index contributed by atoms with van der Waals surface area (Å²) >= 11 is 0. The third-order valence-electron chi connectivity index (χ3n) is 3.60. The second-order valence-electron chi connectivity index (χ2n) is 5.14. The number of hydrogen-bond donors (Lipinski definition) is 0. The number of rotatable bonds is 5. The molecule has 2 atom stereocenters. The van der Waals surface area contributed by atoms with E-state index in [1.165, 1.54) is 0 Å². The Kier molecular flexibility index (Phi) is 3.71. The lowest BCUT2D eigenvalue weighted by molar-refractivity contribution is -0.143. The highest BCUT2D eigenvalue weighted by Gasteiger charge is 2.59. The predicted octanol–water partition coefficient (Wildman–Crippen LogP) is 3.04. The number of carbonyl (C=O) groups is 1. The first-order valence-corrected chi connectivity index (χ1v) is 6.51. The van der Waals surface area contributed by atoms with E-state index < -0.39 is 5.60 Å². The first-order chi connectivity index (χ1) is 8.60. The first-order valence-electron chi connectivity index (χ1n) is 6.51. The zero-order chi connectivity index (χ0) is 13.2. The maximum absolute atomic E-state index is 12.3. The van der Waals surface area contributed by atoms with Crippen LogP contribution in [0.4, 0.5) is 0 Å². The van der Waals surface area contributed by atoms with Crippen molar-refractivity contribution in [1.82, 2.24) is 0 Å². The summed E-state index contributed by atoms with van der Waals surface area (Å²) in [6, 6.07) is 9.16. The first kappa shape index (κ1) is 13.1. The van der Waals surface area contributed by atoms with Crippen LogP contribution in [0.1, 0.15) is 27.2 Å². The average molecular weight is 248 g/mol. The number of epoxide rings is 1. The summed E-state index contributed by atoms with van der Waals surface area (Å²) in [6.07, 6.45) is 0.918. The molecule has 3 nitrogen and oxygen atoms in total. The molecule has 0 saturated carbocycles. The van der Waals surface area contributed by atoms with Crippen LogP contribution in [0.2, 0.25) is 0 Å². The third kappa shape index (κ3) is 2.41. The van der Waals surface area contributed by atoms with E-state index in [1.807, 2.05) is 18.2 Å².